The molecule has 2 aromatic rings. The van der Waals surface area contributed by atoms with E-state index in [0.717, 1.165) is 18.7 Å². The minimum absolute atomic E-state index is 0.0126. The fraction of sp³-hybridized carbons (Fsp3) is 0.400. The molecule has 3 rings (SSSR count). The number of pyridine rings is 1. The van der Waals surface area contributed by atoms with Crippen molar-refractivity contribution in [3.63, 3.8) is 0 Å². The van der Waals surface area contributed by atoms with Crippen LogP contribution >= 0.6 is 0 Å². The van der Waals surface area contributed by atoms with E-state index in [2.05, 4.69) is 0 Å². The van der Waals surface area contributed by atoms with E-state index in [4.69, 9.17) is 4.74 Å². The van der Waals surface area contributed by atoms with Crippen LogP contribution in [0.5, 0.6) is 5.88 Å². The zero-order chi connectivity index (χ0) is 18.5. The second-order valence-electron chi connectivity index (χ2n) is 6.65. The molecular weight excluding hydrogens is 330 g/mol. The molecule has 0 radical (unpaired) electrons. The number of nitrogens with one attached hydrogen (secondary N) is 1. The van der Waals surface area contributed by atoms with E-state index < -0.39 is 5.56 Å². The van der Waals surface area contributed by atoms with Crippen molar-refractivity contribution in [2.24, 2.45) is 0 Å². The molecule has 1 aliphatic heterocycles. The Labute approximate surface area is 152 Å². The molecule has 6 heteroatoms. The second kappa shape index (κ2) is 8.17. The highest BCUT2D eigenvalue weighted by atomic mass is 16.5. The molecule has 1 saturated heterocycles. The quantitative estimate of drug-likeness (QED) is 0.814. The lowest BCUT2D eigenvalue weighted by Crippen LogP contribution is -3.12. The number of aryl methyl sites for hydroxylation is 1. The molecular formula is C20H24N3O3+. The molecule has 0 saturated carbocycles. The Hall–Kier alpha value is -2.62. The first-order valence-electron chi connectivity index (χ1n) is 8.92. The summed E-state index contributed by atoms with van der Waals surface area (Å²) in [5, 5.41) is 20.2. The van der Waals surface area contributed by atoms with Gasteiger partial charge in [-0.2, -0.15) is 5.26 Å². The van der Waals surface area contributed by atoms with E-state index in [1.54, 1.807) is 6.92 Å². The molecule has 1 aromatic heterocycles. The van der Waals surface area contributed by atoms with E-state index in [0.29, 0.717) is 43.9 Å². The van der Waals surface area contributed by atoms with E-state index in [1.165, 1.54) is 9.47 Å². The Morgan fingerprint density at radius 2 is 1.96 bits per heavy atom. The topological polar surface area (TPSA) is 79.7 Å². The zero-order valence-corrected chi connectivity index (χ0v) is 15.0. The molecule has 0 atom stereocenters. The minimum Gasteiger partial charge on any atom is -0.494 e. The van der Waals surface area contributed by atoms with Crippen molar-refractivity contribution in [3.05, 3.63) is 62.9 Å². The van der Waals surface area contributed by atoms with Crippen molar-refractivity contribution >= 4 is 0 Å². The lowest BCUT2D eigenvalue weighted by molar-refractivity contribution is -0.921. The SMILES string of the molecule is Cc1c(C[NH+]2CCOCC2)c(O)n(CCc2ccccc2)c(=O)c1C#N. The molecule has 26 heavy (non-hydrogen) atoms. The number of nitrogens with zero attached hydrogens (tertiary/aromatic N) is 2. The summed E-state index contributed by atoms with van der Waals surface area (Å²) < 4.78 is 6.72. The summed E-state index contributed by atoms with van der Waals surface area (Å²) in [7, 11) is 0. The first kappa shape index (κ1) is 18.2. The highest BCUT2D eigenvalue weighted by Crippen LogP contribution is 2.21. The minimum atomic E-state index is -0.417. The number of ether oxygens (including phenoxy) is 1. The maximum atomic E-state index is 12.7. The van der Waals surface area contributed by atoms with Gasteiger partial charge in [0.15, 0.2) is 0 Å². The van der Waals surface area contributed by atoms with Gasteiger partial charge in [0.1, 0.15) is 31.3 Å². The molecule has 0 unspecified atom stereocenters. The number of nitriles is 1. The number of aromatic hydroxyl groups is 1. The number of hydrogen-bond acceptors (Lipinski definition) is 4. The van der Waals surface area contributed by atoms with Crippen molar-refractivity contribution in [2.75, 3.05) is 26.3 Å². The predicted octanol–water partition coefficient (Wildman–Crippen LogP) is 0.392. The summed E-state index contributed by atoms with van der Waals surface area (Å²) in [6, 6.07) is 11.8. The Morgan fingerprint density at radius 3 is 2.62 bits per heavy atom. The van der Waals surface area contributed by atoms with Crippen LogP contribution in [0.3, 0.4) is 0 Å². The van der Waals surface area contributed by atoms with Crippen molar-refractivity contribution in [1.82, 2.24) is 4.57 Å². The lowest BCUT2D eigenvalue weighted by Gasteiger charge is -2.25. The average Bonchev–Trinajstić information content (AvgIpc) is 2.67. The first-order chi connectivity index (χ1) is 12.6. The van der Waals surface area contributed by atoms with E-state index in [-0.39, 0.29) is 11.4 Å². The number of morpholine rings is 1. The van der Waals surface area contributed by atoms with Gasteiger partial charge >= 0.3 is 0 Å². The van der Waals surface area contributed by atoms with Gasteiger partial charge < -0.3 is 14.7 Å². The summed E-state index contributed by atoms with van der Waals surface area (Å²) in [5.74, 6) is -0.0126. The van der Waals surface area contributed by atoms with Gasteiger partial charge in [-0.15, -0.1) is 0 Å². The lowest BCUT2D eigenvalue weighted by atomic mass is 10.0. The summed E-state index contributed by atoms with van der Waals surface area (Å²) in [4.78, 5) is 13.9. The highest BCUT2D eigenvalue weighted by molar-refractivity contribution is 5.45. The normalized spacial score (nSPS) is 14.9. The zero-order valence-electron chi connectivity index (χ0n) is 15.0. The standard InChI is InChI=1S/C20H23N3O3/c1-15-17(13-21)19(24)23(8-7-16-5-3-2-4-6-16)20(25)18(15)14-22-9-11-26-12-10-22/h2-6,25H,7-12,14H2,1H3/p+1. The largest absolute Gasteiger partial charge is 0.494 e. The third-order valence-electron chi connectivity index (χ3n) is 5.02. The Bertz CT molecular complexity index is 863. The van der Waals surface area contributed by atoms with Crippen LogP contribution in [0.25, 0.3) is 0 Å². The summed E-state index contributed by atoms with van der Waals surface area (Å²) >= 11 is 0. The van der Waals surface area contributed by atoms with E-state index >= 15 is 0 Å². The Balaban J connectivity index is 1.93. The first-order valence-corrected chi connectivity index (χ1v) is 8.92. The molecule has 0 amide bonds. The van der Waals surface area contributed by atoms with Gasteiger partial charge in [-0.3, -0.25) is 9.36 Å². The van der Waals surface area contributed by atoms with Crippen LogP contribution < -0.4 is 10.5 Å². The van der Waals surface area contributed by atoms with Gasteiger partial charge in [0.05, 0.1) is 18.8 Å². The number of aromatic nitrogens is 1. The van der Waals surface area contributed by atoms with Crippen LogP contribution in [0.2, 0.25) is 0 Å². The van der Waals surface area contributed by atoms with Crippen molar-refractivity contribution in [2.45, 2.75) is 26.4 Å². The van der Waals surface area contributed by atoms with Crippen LogP contribution in [-0.4, -0.2) is 36.0 Å². The number of rotatable bonds is 5. The monoisotopic (exact) mass is 354 g/mol. The van der Waals surface area contributed by atoms with Crippen LogP contribution in [0.1, 0.15) is 22.3 Å². The van der Waals surface area contributed by atoms with Crippen molar-refractivity contribution < 1.29 is 14.7 Å². The van der Waals surface area contributed by atoms with Gasteiger partial charge in [0, 0.05) is 6.54 Å². The van der Waals surface area contributed by atoms with Gasteiger partial charge in [-0.05, 0) is 24.5 Å². The number of hydrogen-bond donors (Lipinski definition) is 2. The second-order valence-corrected chi connectivity index (χ2v) is 6.65. The fourth-order valence-corrected chi connectivity index (χ4v) is 3.40. The van der Waals surface area contributed by atoms with Crippen molar-refractivity contribution in [1.29, 1.82) is 5.26 Å². The number of benzene rings is 1. The molecule has 2 heterocycles. The predicted molar refractivity (Wildman–Crippen MR) is 97.2 cm³/mol. The highest BCUT2D eigenvalue weighted by Gasteiger charge is 2.23. The van der Waals surface area contributed by atoms with Gasteiger partial charge in [0.25, 0.3) is 5.56 Å². The molecule has 0 bridgehead atoms. The van der Waals surface area contributed by atoms with Crippen LogP contribution in [0.4, 0.5) is 0 Å². The Morgan fingerprint density at radius 1 is 1.27 bits per heavy atom. The van der Waals surface area contributed by atoms with E-state index in [1.807, 2.05) is 36.4 Å². The average molecular weight is 354 g/mol. The summed E-state index contributed by atoms with van der Waals surface area (Å²) in [6.07, 6.45) is 0.617. The van der Waals surface area contributed by atoms with Crippen LogP contribution in [0.15, 0.2) is 35.1 Å². The molecule has 1 aromatic carbocycles. The van der Waals surface area contributed by atoms with Crippen LogP contribution in [-0.2, 0) is 24.2 Å². The third-order valence-corrected chi connectivity index (χ3v) is 5.02. The van der Waals surface area contributed by atoms with Crippen molar-refractivity contribution in [3.8, 4) is 11.9 Å². The molecule has 2 N–H and O–H groups in total. The smallest absolute Gasteiger partial charge is 0.271 e. The molecule has 1 fully saturated rings. The molecule has 136 valence electrons. The number of quaternary nitrogens is 1. The molecule has 6 nitrogen and oxygen atoms in total. The van der Waals surface area contributed by atoms with E-state index in [9.17, 15) is 15.2 Å². The summed E-state index contributed by atoms with van der Waals surface area (Å²) in [5.41, 5.74) is 2.06. The molecule has 1 aliphatic rings. The molecule has 0 spiro atoms. The van der Waals surface area contributed by atoms with Gasteiger partial charge in [-0.25, -0.2) is 0 Å². The van der Waals surface area contributed by atoms with Gasteiger partial charge in [-0.1, -0.05) is 30.3 Å². The third kappa shape index (κ3) is 3.79. The maximum absolute atomic E-state index is 12.7. The van der Waals surface area contributed by atoms with Gasteiger partial charge in [0.2, 0.25) is 5.88 Å². The Kier molecular flexibility index (Phi) is 5.71. The van der Waals surface area contributed by atoms with Crippen LogP contribution in [0, 0.1) is 18.3 Å². The fourth-order valence-electron chi connectivity index (χ4n) is 3.40. The summed E-state index contributed by atoms with van der Waals surface area (Å²) in [6.45, 7) is 5.75. The molecule has 0 aliphatic carbocycles. The maximum Gasteiger partial charge on any atom is 0.271 e.